The number of benzene rings is 1. The predicted octanol–water partition coefficient (Wildman–Crippen LogP) is 2.97. The molecule has 6 heteroatoms. The highest BCUT2D eigenvalue weighted by atomic mass is 16.2. The molecule has 0 bridgehead atoms. The minimum atomic E-state index is -0.113. The van der Waals surface area contributed by atoms with Crippen LogP contribution in [0.25, 0.3) is 11.4 Å². The first-order chi connectivity index (χ1) is 13.1. The average molecular weight is 366 g/mol. The quantitative estimate of drug-likeness (QED) is 0.908. The highest BCUT2D eigenvalue weighted by Crippen LogP contribution is 2.27. The van der Waals surface area contributed by atoms with E-state index in [2.05, 4.69) is 9.88 Å². The zero-order chi connectivity index (χ0) is 18.8. The van der Waals surface area contributed by atoms with E-state index in [1.54, 1.807) is 11.8 Å². The topological polar surface area (TPSA) is 67.2 Å². The van der Waals surface area contributed by atoms with Crippen molar-refractivity contribution < 1.29 is 9.59 Å². The maximum Gasteiger partial charge on any atom is 0.272 e. The van der Waals surface area contributed by atoms with Crippen molar-refractivity contribution in [1.29, 1.82) is 0 Å². The fourth-order valence-electron chi connectivity index (χ4n) is 4.13. The second-order valence-corrected chi connectivity index (χ2v) is 7.50. The molecule has 1 aromatic carbocycles. The van der Waals surface area contributed by atoms with Crippen molar-refractivity contribution >= 4 is 11.8 Å². The second kappa shape index (κ2) is 7.55. The van der Waals surface area contributed by atoms with Gasteiger partial charge in [0, 0.05) is 31.6 Å². The molecule has 0 unspecified atom stereocenters. The van der Waals surface area contributed by atoms with Gasteiger partial charge < -0.3 is 14.8 Å². The van der Waals surface area contributed by atoms with E-state index in [9.17, 15) is 9.59 Å². The molecule has 1 aromatic heterocycles. The van der Waals surface area contributed by atoms with Crippen molar-refractivity contribution in [2.24, 2.45) is 0 Å². The summed E-state index contributed by atoms with van der Waals surface area (Å²) >= 11 is 0. The highest BCUT2D eigenvalue weighted by molar-refractivity contribution is 5.94. The molecule has 2 aliphatic rings. The Kier molecular flexibility index (Phi) is 4.97. The molecule has 1 N–H and O–H groups in total. The number of aromatic nitrogens is 2. The van der Waals surface area contributed by atoms with Crippen molar-refractivity contribution in [2.45, 2.75) is 58.2 Å². The van der Waals surface area contributed by atoms with Gasteiger partial charge in [0.15, 0.2) is 5.69 Å². The van der Waals surface area contributed by atoms with Crippen LogP contribution in [0, 0.1) is 0 Å². The van der Waals surface area contributed by atoms with E-state index in [4.69, 9.17) is 4.98 Å². The molecule has 1 aliphatic heterocycles. The zero-order valence-corrected chi connectivity index (χ0v) is 15.8. The van der Waals surface area contributed by atoms with E-state index >= 15 is 0 Å². The van der Waals surface area contributed by atoms with Crippen molar-refractivity contribution in [3.63, 3.8) is 0 Å². The van der Waals surface area contributed by atoms with Crippen molar-refractivity contribution in [3.05, 3.63) is 41.7 Å². The number of carbonyl (C=O) groups is 2. The molecule has 2 amide bonds. The highest BCUT2D eigenvalue weighted by Gasteiger charge is 2.29. The lowest BCUT2D eigenvalue weighted by atomic mass is 9.95. The van der Waals surface area contributed by atoms with Crippen molar-refractivity contribution in [1.82, 2.24) is 19.8 Å². The van der Waals surface area contributed by atoms with Crippen LogP contribution in [-0.4, -0.2) is 38.9 Å². The number of rotatable bonds is 3. The minimum Gasteiger partial charge on any atom is -0.348 e. The summed E-state index contributed by atoms with van der Waals surface area (Å²) < 4.78 is 2.10. The van der Waals surface area contributed by atoms with Gasteiger partial charge in [0.25, 0.3) is 5.91 Å². The van der Waals surface area contributed by atoms with Crippen LogP contribution in [0.2, 0.25) is 0 Å². The largest absolute Gasteiger partial charge is 0.348 e. The van der Waals surface area contributed by atoms with Crippen LogP contribution >= 0.6 is 0 Å². The number of fused-ring (bicyclic) bond motifs is 1. The van der Waals surface area contributed by atoms with E-state index in [1.807, 2.05) is 30.3 Å². The van der Waals surface area contributed by atoms with Gasteiger partial charge in [0.2, 0.25) is 5.91 Å². The summed E-state index contributed by atoms with van der Waals surface area (Å²) in [5, 5.41) is 3.18. The molecule has 0 radical (unpaired) electrons. The van der Waals surface area contributed by atoms with Gasteiger partial charge in [-0.15, -0.1) is 0 Å². The number of amides is 2. The Morgan fingerprint density at radius 3 is 2.52 bits per heavy atom. The lowest BCUT2D eigenvalue weighted by Gasteiger charge is -2.29. The van der Waals surface area contributed by atoms with Crippen LogP contribution in [0.1, 0.15) is 55.2 Å². The molecule has 27 heavy (non-hydrogen) atoms. The number of hydrogen-bond acceptors (Lipinski definition) is 3. The first kappa shape index (κ1) is 17.8. The smallest absolute Gasteiger partial charge is 0.272 e. The second-order valence-electron chi connectivity index (χ2n) is 7.50. The van der Waals surface area contributed by atoms with Gasteiger partial charge in [0.1, 0.15) is 5.82 Å². The Morgan fingerprint density at radius 1 is 1.07 bits per heavy atom. The van der Waals surface area contributed by atoms with Gasteiger partial charge in [-0.25, -0.2) is 4.98 Å². The molecule has 142 valence electrons. The monoisotopic (exact) mass is 366 g/mol. The third kappa shape index (κ3) is 3.61. The fraction of sp³-hybridized carbons (Fsp3) is 0.476. The van der Waals surface area contributed by atoms with Gasteiger partial charge >= 0.3 is 0 Å². The number of imidazole rings is 1. The van der Waals surface area contributed by atoms with E-state index < -0.39 is 0 Å². The molecule has 1 aliphatic carbocycles. The standard InChI is InChI=1S/C21H26N4O2/c1-15(26)24-12-13-25-18(14-24)19(21(27)22-17-10-6-3-7-11-17)23-20(25)16-8-4-2-5-9-16/h2,4-5,8-9,17H,3,6-7,10-14H2,1H3,(H,22,27). The summed E-state index contributed by atoms with van der Waals surface area (Å²) in [5.41, 5.74) is 2.29. The molecular weight excluding hydrogens is 340 g/mol. The van der Waals surface area contributed by atoms with Crippen LogP contribution in [0.4, 0.5) is 0 Å². The van der Waals surface area contributed by atoms with Crippen LogP contribution < -0.4 is 5.32 Å². The van der Waals surface area contributed by atoms with Gasteiger partial charge in [-0.3, -0.25) is 9.59 Å². The molecule has 1 fully saturated rings. The third-order valence-electron chi connectivity index (χ3n) is 5.64. The predicted molar refractivity (Wildman–Crippen MR) is 103 cm³/mol. The minimum absolute atomic E-state index is 0.0300. The van der Waals surface area contributed by atoms with Gasteiger partial charge in [0.05, 0.1) is 12.2 Å². The Balaban J connectivity index is 1.68. The van der Waals surface area contributed by atoms with E-state index in [0.717, 1.165) is 29.9 Å². The normalized spacial score (nSPS) is 17.4. The van der Waals surface area contributed by atoms with Crippen molar-refractivity contribution in [3.8, 4) is 11.4 Å². The molecule has 2 heterocycles. The molecule has 0 saturated heterocycles. The lowest BCUT2D eigenvalue weighted by molar-refractivity contribution is -0.130. The van der Waals surface area contributed by atoms with Gasteiger partial charge in [-0.2, -0.15) is 0 Å². The average Bonchev–Trinajstić information content (AvgIpc) is 3.08. The van der Waals surface area contributed by atoms with Gasteiger partial charge in [-0.05, 0) is 12.8 Å². The zero-order valence-electron chi connectivity index (χ0n) is 15.8. The lowest BCUT2D eigenvalue weighted by Crippen LogP contribution is -2.40. The number of carbonyl (C=O) groups excluding carboxylic acids is 2. The van der Waals surface area contributed by atoms with Gasteiger partial charge in [-0.1, -0.05) is 49.6 Å². The Hall–Kier alpha value is -2.63. The molecule has 6 nitrogen and oxygen atoms in total. The number of hydrogen-bond donors (Lipinski definition) is 1. The Morgan fingerprint density at radius 2 is 1.81 bits per heavy atom. The first-order valence-corrected chi connectivity index (χ1v) is 9.84. The summed E-state index contributed by atoms with van der Waals surface area (Å²) in [4.78, 5) is 31.4. The Bertz CT molecular complexity index is 837. The SMILES string of the molecule is CC(=O)N1CCn2c(-c3ccccc3)nc(C(=O)NC3CCCCC3)c2C1. The maximum absolute atomic E-state index is 13.0. The summed E-state index contributed by atoms with van der Waals surface area (Å²) in [5.74, 6) is 0.725. The molecule has 4 rings (SSSR count). The molecule has 2 aromatic rings. The van der Waals surface area contributed by atoms with Crippen LogP contribution in [0.15, 0.2) is 30.3 Å². The van der Waals surface area contributed by atoms with E-state index in [1.165, 1.54) is 19.3 Å². The summed E-state index contributed by atoms with van der Waals surface area (Å²) in [7, 11) is 0. The first-order valence-electron chi connectivity index (χ1n) is 9.84. The van der Waals surface area contributed by atoms with Crippen LogP contribution in [0.5, 0.6) is 0 Å². The van der Waals surface area contributed by atoms with E-state index in [0.29, 0.717) is 25.3 Å². The summed E-state index contributed by atoms with van der Waals surface area (Å²) in [6, 6.07) is 10.2. The summed E-state index contributed by atoms with van der Waals surface area (Å²) in [6.45, 7) is 3.31. The maximum atomic E-state index is 13.0. The molecule has 0 spiro atoms. The Labute approximate surface area is 159 Å². The summed E-state index contributed by atoms with van der Waals surface area (Å²) in [6.07, 6.45) is 5.65. The van der Waals surface area contributed by atoms with Crippen LogP contribution in [0.3, 0.4) is 0 Å². The van der Waals surface area contributed by atoms with Crippen molar-refractivity contribution in [2.75, 3.05) is 6.54 Å². The third-order valence-corrected chi connectivity index (χ3v) is 5.64. The fourth-order valence-corrected chi connectivity index (χ4v) is 4.13. The van der Waals surface area contributed by atoms with E-state index in [-0.39, 0.29) is 17.9 Å². The number of nitrogens with one attached hydrogen (secondary N) is 1. The number of nitrogens with zero attached hydrogens (tertiary/aromatic N) is 3. The molecule has 0 atom stereocenters. The molecule has 1 saturated carbocycles. The van der Waals surface area contributed by atoms with Crippen LogP contribution in [-0.2, 0) is 17.9 Å². The molecular formula is C21H26N4O2.